The van der Waals surface area contributed by atoms with Gasteiger partial charge in [-0.2, -0.15) is 0 Å². The minimum atomic E-state index is -0.0791. The second-order valence-corrected chi connectivity index (χ2v) is 7.20. The summed E-state index contributed by atoms with van der Waals surface area (Å²) in [6, 6.07) is 8.06. The van der Waals surface area contributed by atoms with Crippen LogP contribution in [0.25, 0.3) is 0 Å². The van der Waals surface area contributed by atoms with Gasteiger partial charge < -0.3 is 10.6 Å². The number of halogens is 1. The van der Waals surface area contributed by atoms with Crippen LogP contribution in [0.15, 0.2) is 36.7 Å². The van der Waals surface area contributed by atoms with Crippen molar-refractivity contribution in [3.63, 3.8) is 0 Å². The monoisotopic (exact) mass is 372 g/mol. The fraction of sp³-hybridized carbons (Fsp3) is 0.450. The molecule has 1 aliphatic rings. The molecule has 0 spiro atoms. The Morgan fingerprint density at radius 1 is 1.04 bits per heavy atom. The van der Waals surface area contributed by atoms with Crippen LogP contribution in [0.5, 0.6) is 0 Å². The van der Waals surface area contributed by atoms with Crippen LogP contribution in [0, 0.1) is 0 Å². The highest BCUT2D eigenvalue weighted by Crippen LogP contribution is 2.17. The zero-order valence-corrected chi connectivity index (χ0v) is 15.6. The first kappa shape index (κ1) is 18.6. The van der Waals surface area contributed by atoms with Crippen molar-refractivity contribution in [2.45, 2.75) is 51.0 Å². The predicted octanol–water partition coefficient (Wildman–Crippen LogP) is 4.24. The second kappa shape index (κ2) is 9.53. The maximum absolute atomic E-state index is 12.3. The third-order valence-corrected chi connectivity index (χ3v) is 4.97. The van der Waals surface area contributed by atoms with Crippen LogP contribution in [-0.2, 0) is 6.42 Å². The number of nitrogens with one attached hydrogen (secondary N) is 2. The largest absolute Gasteiger partial charge is 0.354 e. The molecule has 0 bridgehead atoms. The summed E-state index contributed by atoms with van der Waals surface area (Å²) in [7, 11) is 0. The van der Waals surface area contributed by atoms with E-state index in [4.69, 9.17) is 11.6 Å². The molecule has 1 aromatic carbocycles. The summed E-state index contributed by atoms with van der Waals surface area (Å²) in [6.45, 7) is 0.718. The standard InChI is InChI=1S/C20H25ClN4O/c21-17-9-7-15(8-10-17)11-12-22-20-23-13-16(14-24-20)19(26)25-18-5-3-1-2-4-6-18/h7-10,13-14,18H,1-6,11-12H2,(H,25,26)(H,22,23,24). The molecule has 1 fully saturated rings. The van der Waals surface area contributed by atoms with E-state index < -0.39 is 0 Å². The van der Waals surface area contributed by atoms with Crippen molar-refractivity contribution in [2.24, 2.45) is 0 Å². The van der Waals surface area contributed by atoms with Gasteiger partial charge in [0.05, 0.1) is 5.56 Å². The van der Waals surface area contributed by atoms with Gasteiger partial charge in [0.2, 0.25) is 5.95 Å². The fourth-order valence-corrected chi connectivity index (χ4v) is 3.32. The molecular weight excluding hydrogens is 348 g/mol. The Bertz CT molecular complexity index is 695. The number of hydrogen-bond donors (Lipinski definition) is 2. The maximum Gasteiger partial charge on any atom is 0.254 e. The van der Waals surface area contributed by atoms with Gasteiger partial charge in [-0.3, -0.25) is 4.79 Å². The van der Waals surface area contributed by atoms with Crippen LogP contribution in [0.4, 0.5) is 5.95 Å². The second-order valence-electron chi connectivity index (χ2n) is 6.76. The molecule has 0 saturated heterocycles. The lowest BCUT2D eigenvalue weighted by molar-refractivity contribution is 0.0932. The van der Waals surface area contributed by atoms with Gasteiger partial charge in [0, 0.05) is 30.0 Å². The number of amides is 1. The molecule has 0 unspecified atom stereocenters. The summed E-state index contributed by atoms with van der Waals surface area (Å²) in [5, 5.41) is 7.03. The Kier molecular flexibility index (Phi) is 6.83. The summed E-state index contributed by atoms with van der Waals surface area (Å²) in [4.78, 5) is 20.8. The van der Waals surface area contributed by atoms with Gasteiger partial charge in [0.15, 0.2) is 0 Å². The Hall–Kier alpha value is -2.14. The molecule has 26 heavy (non-hydrogen) atoms. The smallest absolute Gasteiger partial charge is 0.254 e. The SMILES string of the molecule is O=C(NC1CCCCCC1)c1cnc(NCCc2ccc(Cl)cc2)nc1. The predicted molar refractivity (Wildman–Crippen MR) is 105 cm³/mol. The molecule has 1 aliphatic carbocycles. The number of carbonyl (C=O) groups excluding carboxylic acids is 1. The van der Waals surface area contributed by atoms with E-state index in [0.717, 1.165) is 30.8 Å². The van der Waals surface area contributed by atoms with E-state index in [-0.39, 0.29) is 11.9 Å². The number of benzene rings is 1. The van der Waals surface area contributed by atoms with E-state index in [1.165, 1.54) is 31.2 Å². The van der Waals surface area contributed by atoms with Gasteiger partial charge >= 0.3 is 0 Å². The molecule has 1 heterocycles. The van der Waals surface area contributed by atoms with Crippen molar-refractivity contribution in [3.8, 4) is 0 Å². The first-order valence-corrected chi connectivity index (χ1v) is 9.70. The Balaban J connectivity index is 1.46. The first-order valence-electron chi connectivity index (χ1n) is 9.32. The quantitative estimate of drug-likeness (QED) is 0.744. The molecule has 0 aliphatic heterocycles. The summed E-state index contributed by atoms with van der Waals surface area (Å²) < 4.78 is 0. The van der Waals surface area contributed by atoms with E-state index >= 15 is 0 Å². The van der Waals surface area contributed by atoms with Crippen LogP contribution in [-0.4, -0.2) is 28.5 Å². The van der Waals surface area contributed by atoms with Gasteiger partial charge in [0.1, 0.15) is 0 Å². The van der Waals surface area contributed by atoms with Crippen LogP contribution >= 0.6 is 11.6 Å². The van der Waals surface area contributed by atoms with Crippen molar-refractivity contribution in [2.75, 3.05) is 11.9 Å². The van der Waals surface area contributed by atoms with Crippen LogP contribution in [0.1, 0.15) is 54.4 Å². The van der Waals surface area contributed by atoms with Crippen molar-refractivity contribution in [1.82, 2.24) is 15.3 Å². The molecule has 3 rings (SSSR count). The summed E-state index contributed by atoms with van der Waals surface area (Å²) in [5.74, 6) is 0.453. The normalized spacial score (nSPS) is 15.3. The molecule has 0 radical (unpaired) electrons. The number of aromatic nitrogens is 2. The first-order chi connectivity index (χ1) is 12.7. The van der Waals surface area contributed by atoms with Crippen molar-refractivity contribution < 1.29 is 4.79 Å². The van der Waals surface area contributed by atoms with Crippen LogP contribution in [0.3, 0.4) is 0 Å². The van der Waals surface area contributed by atoms with Gasteiger partial charge in [0.25, 0.3) is 5.91 Å². The number of anilines is 1. The molecule has 6 heteroatoms. The summed E-state index contributed by atoms with van der Waals surface area (Å²) in [5.41, 5.74) is 1.71. The Morgan fingerprint density at radius 3 is 2.35 bits per heavy atom. The average molecular weight is 373 g/mol. The van der Waals surface area contributed by atoms with E-state index in [1.54, 1.807) is 12.4 Å². The molecule has 1 aromatic heterocycles. The van der Waals surface area contributed by atoms with E-state index in [2.05, 4.69) is 20.6 Å². The number of rotatable bonds is 6. The zero-order valence-electron chi connectivity index (χ0n) is 14.9. The van der Waals surface area contributed by atoms with Crippen molar-refractivity contribution >= 4 is 23.5 Å². The lowest BCUT2D eigenvalue weighted by Crippen LogP contribution is -2.34. The van der Waals surface area contributed by atoms with Gasteiger partial charge in [-0.15, -0.1) is 0 Å². The minimum Gasteiger partial charge on any atom is -0.354 e. The van der Waals surface area contributed by atoms with E-state index in [0.29, 0.717) is 11.5 Å². The molecular formula is C20H25ClN4O. The maximum atomic E-state index is 12.3. The van der Waals surface area contributed by atoms with E-state index in [1.807, 2.05) is 24.3 Å². The molecule has 2 aromatic rings. The molecule has 138 valence electrons. The minimum absolute atomic E-state index is 0.0791. The molecule has 0 atom stereocenters. The highest BCUT2D eigenvalue weighted by Gasteiger charge is 2.16. The topological polar surface area (TPSA) is 66.9 Å². The molecule has 1 amide bonds. The van der Waals surface area contributed by atoms with Crippen molar-refractivity contribution in [3.05, 3.63) is 52.8 Å². The molecule has 1 saturated carbocycles. The van der Waals surface area contributed by atoms with Crippen LogP contribution < -0.4 is 10.6 Å². The van der Waals surface area contributed by atoms with Crippen molar-refractivity contribution in [1.29, 1.82) is 0 Å². The lowest BCUT2D eigenvalue weighted by atomic mass is 10.1. The highest BCUT2D eigenvalue weighted by molar-refractivity contribution is 6.30. The Morgan fingerprint density at radius 2 is 1.69 bits per heavy atom. The number of nitrogens with zero attached hydrogens (tertiary/aromatic N) is 2. The molecule has 5 nitrogen and oxygen atoms in total. The van der Waals surface area contributed by atoms with E-state index in [9.17, 15) is 4.79 Å². The summed E-state index contributed by atoms with van der Waals surface area (Å²) in [6.07, 6.45) is 11.1. The third kappa shape index (κ3) is 5.70. The summed E-state index contributed by atoms with van der Waals surface area (Å²) >= 11 is 5.88. The zero-order chi connectivity index (χ0) is 18.2. The number of hydrogen-bond acceptors (Lipinski definition) is 4. The Labute approximate surface area is 159 Å². The van der Waals surface area contributed by atoms with Gasteiger partial charge in [-0.25, -0.2) is 9.97 Å². The van der Waals surface area contributed by atoms with Gasteiger partial charge in [-0.05, 0) is 37.0 Å². The van der Waals surface area contributed by atoms with Crippen LogP contribution in [0.2, 0.25) is 5.02 Å². The number of carbonyl (C=O) groups is 1. The highest BCUT2D eigenvalue weighted by atomic mass is 35.5. The fourth-order valence-electron chi connectivity index (χ4n) is 3.20. The average Bonchev–Trinajstić information content (AvgIpc) is 2.92. The molecule has 2 N–H and O–H groups in total. The lowest BCUT2D eigenvalue weighted by Gasteiger charge is -2.16. The third-order valence-electron chi connectivity index (χ3n) is 4.71. The van der Waals surface area contributed by atoms with Gasteiger partial charge in [-0.1, -0.05) is 49.4 Å².